The number of benzene rings is 4. The highest BCUT2D eigenvalue weighted by Crippen LogP contribution is 2.34. The molecule has 0 aliphatic heterocycles. The monoisotopic (exact) mass is 666 g/mol. The molecule has 7 nitrogen and oxygen atoms in total. The fraction of sp³-hybridized carbons (Fsp3) is 0.161. The predicted octanol–water partition coefficient (Wildman–Crippen LogP) is 7.46. The van der Waals surface area contributed by atoms with Crippen LogP contribution in [0.1, 0.15) is 44.3 Å². The molecule has 0 bridgehead atoms. The van der Waals surface area contributed by atoms with Crippen LogP contribution in [0.4, 0.5) is 27.6 Å². The van der Waals surface area contributed by atoms with Gasteiger partial charge >= 0.3 is 12.1 Å². The highest BCUT2D eigenvalue weighted by Gasteiger charge is 2.32. The van der Waals surface area contributed by atoms with E-state index in [1.807, 2.05) is 0 Å². The minimum Gasteiger partial charge on any atom is -0.462 e. The molecule has 4 aromatic carbocycles. The Bertz CT molecular complexity index is 1820. The van der Waals surface area contributed by atoms with Gasteiger partial charge in [-0.05, 0) is 78.7 Å². The fourth-order valence-corrected chi connectivity index (χ4v) is 5.77. The lowest BCUT2D eigenvalue weighted by molar-refractivity contribution is -0.137. The van der Waals surface area contributed by atoms with Crippen LogP contribution in [0.5, 0.6) is 0 Å². The number of carbonyl (C=O) groups excluding carboxylic acids is 2. The van der Waals surface area contributed by atoms with Crippen molar-refractivity contribution in [3.63, 3.8) is 0 Å². The van der Waals surface area contributed by atoms with Crippen molar-refractivity contribution in [2.24, 2.45) is 0 Å². The second kappa shape index (κ2) is 13.8. The van der Waals surface area contributed by atoms with Crippen molar-refractivity contribution in [1.82, 2.24) is 4.31 Å². The summed E-state index contributed by atoms with van der Waals surface area (Å²) in [5, 5.41) is 1.84. The van der Waals surface area contributed by atoms with E-state index in [4.69, 9.17) is 16.3 Å². The maximum Gasteiger partial charge on any atom is 0.416 e. The predicted molar refractivity (Wildman–Crippen MR) is 156 cm³/mol. The van der Waals surface area contributed by atoms with Gasteiger partial charge < -0.3 is 10.1 Å². The van der Waals surface area contributed by atoms with Crippen molar-refractivity contribution in [1.29, 1.82) is 0 Å². The number of amides is 1. The molecule has 14 heteroatoms. The second-order valence-corrected chi connectivity index (χ2v) is 12.0. The molecule has 0 fully saturated rings. The summed E-state index contributed by atoms with van der Waals surface area (Å²) in [6, 6.07) is 15.6. The average molecular weight is 667 g/mol. The molecule has 4 aromatic rings. The Kier molecular flexibility index (Phi) is 10.3. The third kappa shape index (κ3) is 8.24. The molecular weight excluding hydrogens is 643 g/mol. The summed E-state index contributed by atoms with van der Waals surface area (Å²) in [4.78, 5) is 24.5. The van der Waals surface area contributed by atoms with Gasteiger partial charge in [0.2, 0.25) is 10.0 Å². The van der Waals surface area contributed by atoms with E-state index in [9.17, 15) is 40.0 Å². The van der Waals surface area contributed by atoms with E-state index in [2.05, 4.69) is 5.32 Å². The van der Waals surface area contributed by atoms with E-state index in [0.29, 0.717) is 23.3 Å². The van der Waals surface area contributed by atoms with Crippen LogP contribution in [0, 0.1) is 11.6 Å². The highest BCUT2D eigenvalue weighted by molar-refractivity contribution is 7.89. The fourth-order valence-electron chi connectivity index (χ4n) is 4.16. The molecule has 1 N–H and O–H groups in total. The van der Waals surface area contributed by atoms with Crippen LogP contribution in [0.3, 0.4) is 0 Å². The Morgan fingerprint density at radius 1 is 0.867 bits per heavy atom. The van der Waals surface area contributed by atoms with Gasteiger partial charge in [-0.15, -0.1) is 0 Å². The van der Waals surface area contributed by atoms with E-state index < -0.39 is 61.4 Å². The number of anilines is 1. The van der Waals surface area contributed by atoms with Gasteiger partial charge in [0.05, 0.1) is 38.9 Å². The van der Waals surface area contributed by atoms with Crippen LogP contribution >= 0.6 is 11.6 Å². The van der Waals surface area contributed by atoms with Crippen LogP contribution < -0.4 is 5.32 Å². The van der Waals surface area contributed by atoms with E-state index in [1.165, 1.54) is 36.4 Å². The number of nitrogens with one attached hydrogen (secondary N) is 1. The average Bonchev–Trinajstić information content (AvgIpc) is 2.99. The quantitative estimate of drug-likeness (QED) is 0.140. The maximum atomic E-state index is 14.8. The number of alkyl halides is 3. The molecule has 236 valence electrons. The van der Waals surface area contributed by atoms with Gasteiger partial charge in [0.1, 0.15) is 11.6 Å². The summed E-state index contributed by atoms with van der Waals surface area (Å²) in [7, 11) is -4.50. The normalized spacial score (nSPS) is 11.8. The Balaban J connectivity index is 1.68. The molecule has 0 heterocycles. The number of ether oxygens (including phenoxy) is 1. The molecule has 0 atom stereocenters. The van der Waals surface area contributed by atoms with Crippen molar-refractivity contribution in [2.45, 2.75) is 31.1 Å². The first-order chi connectivity index (χ1) is 21.2. The number of esters is 1. The number of hydrogen-bond donors (Lipinski definition) is 1. The van der Waals surface area contributed by atoms with Crippen LogP contribution in [0.25, 0.3) is 0 Å². The second-order valence-electron chi connectivity index (χ2n) is 9.61. The SMILES string of the molecule is CCOC(=O)c1ccc(CN(Cc2ccc(F)cc2)S(=O)(=O)c2ccc(F)c(C(=O)Nc3cc(C(F)(F)F)ccc3Cl)c2)cc1. The lowest BCUT2D eigenvalue weighted by Crippen LogP contribution is -2.30. The molecule has 4 rings (SSSR count). The molecule has 45 heavy (non-hydrogen) atoms. The van der Waals surface area contributed by atoms with E-state index >= 15 is 0 Å². The molecule has 1 amide bonds. The summed E-state index contributed by atoms with van der Waals surface area (Å²) >= 11 is 5.94. The minimum absolute atomic E-state index is 0.162. The Morgan fingerprint density at radius 2 is 1.47 bits per heavy atom. The number of carbonyl (C=O) groups is 2. The summed E-state index contributed by atoms with van der Waals surface area (Å²) < 4.78 is 102. The molecule has 0 aromatic heterocycles. The van der Waals surface area contributed by atoms with Gasteiger partial charge in [-0.3, -0.25) is 4.79 Å². The number of hydrogen-bond acceptors (Lipinski definition) is 5. The third-order valence-electron chi connectivity index (χ3n) is 6.46. The zero-order valence-electron chi connectivity index (χ0n) is 23.4. The number of rotatable bonds is 10. The maximum absolute atomic E-state index is 14.8. The molecular formula is C31H24ClF5N2O5S. The van der Waals surface area contributed by atoms with Crippen LogP contribution in [0.2, 0.25) is 5.02 Å². The molecule has 0 unspecified atom stereocenters. The Morgan fingerprint density at radius 3 is 2.04 bits per heavy atom. The van der Waals surface area contributed by atoms with Gasteiger partial charge in [0, 0.05) is 13.1 Å². The number of nitrogens with zero attached hydrogens (tertiary/aromatic N) is 1. The largest absolute Gasteiger partial charge is 0.462 e. The van der Waals surface area contributed by atoms with E-state index in [-0.39, 0.29) is 30.3 Å². The van der Waals surface area contributed by atoms with Crippen molar-refractivity contribution in [2.75, 3.05) is 11.9 Å². The zero-order valence-corrected chi connectivity index (χ0v) is 24.9. The van der Waals surface area contributed by atoms with Gasteiger partial charge in [0.15, 0.2) is 0 Å². The molecule has 0 radical (unpaired) electrons. The van der Waals surface area contributed by atoms with Gasteiger partial charge in [-0.1, -0.05) is 35.9 Å². The minimum atomic E-state index is -4.75. The van der Waals surface area contributed by atoms with Crippen molar-refractivity contribution in [3.8, 4) is 0 Å². The number of halogens is 6. The van der Waals surface area contributed by atoms with E-state index in [0.717, 1.165) is 40.7 Å². The number of sulfonamides is 1. The molecule has 0 aliphatic rings. The first kappa shape index (κ1) is 33.6. The van der Waals surface area contributed by atoms with E-state index in [1.54, 1.807) is 6.92 Å². The smallest absolute Gasteiger partial charge is 0.416 e. The molecule has 0 saturated heterocycles. The topological polar surface area (TPSA) is 92.8 Å². The zero-order chi connectivity index (χ0) is 32.9. The standard InChI is InChI=1S/C31H24ClF5N2O5S/c1-2-44-30(41)21-7-3-19(4-8-21)17-39(18-20-5-10-23(33)11-6-20)45(42,43)24-12-14-27(34)25(16-24)29(40)38-28-15-22(31(35,36)37)9-13-26(28)32/h3-16H,2,17-18H2,1H3,(H,38,40). The van der Waals surface area contributed by atoms with Crippen molar-refractivity contribution >= 4 is 39.2 Å². The molecule has 0 aliphatic carbocycles. The molecule has 0 saturated carbocycles. The first-order valence-corrected chi connectivity index (χ1v) is 15.0. The van der Waals surface area contributed by atoms with Crippen LogP contribution in [0.15, 0.2) is 89.8 Å². The van der Waals surface area contributed by atoms with Crippen LogP contribution in [-0.2, 0) is 34.0 Å². The summed E-state index contributed by atoms with van der Waals surface area (Å²) in [6.07, 6.45) is -4.75. The van der Waals surface area contributed by atoms with Crippen molar-refractivity contribution < 1.29 is 44.7 Å². The first-order valence-electron chi connectivity index (χ1n) is 13.2. The van der Waals surface area contributed by atoms with Crippen molar-refractivity contribution in [3.05, 3.63) is 129 Å². The summed E-state index contributed by atoms with van der Waals surface area (Å²) in [6.45, 7) is 1.30. The Hall–Kier alpha value is -4.33. The summed E-state index contributed by atoms with van der Waals surface area (Å²) in [5.41, 5.74) is -1.26. The third-order valence-corrected chi connectivity index (χ3v) is 8.58. The van der Waals surface area contributed by atoms with Gasteiger partial charge in [0.25, 0.3) is 5.91 Å². The lowest BCUT2D eigenvalue weighted by Gasteiger charge is -2.23. The molecule has 0 spiro atoms. The Labute approximate surface area is 260 Å². The highest BCUT2D eigenvalue weighted by atomic mass is 35.5. The lowest BCUT2D eigenvalue weighted by atomic mass is 10.1. The van der Waals surface area contributed by atoms with Gasteiger partial charge in [-0.2, -0.15) is 17.5 Å². The summed E-state index contributed by atoms with van der Waals surface area (Å²) in [5.74, 6) is -3.50. The van der Waals surface area contributed by atoms with Crippen LogP contribution in [-0.4, -0.2) is 31.2 Å². The van der Waals surface area contributed by atoms with Gasteiger partial charge in [-0.25, -0.2) is 22.0 Å².